The molecule has 27 heavy (non-hydrogen) atoms. The van der Waals surface area contributed by atoms with E-state index in [2.05, 4.69) is 21.7 Å². The summed E-state index contributed by atoms with van der Waals surface area (Å²) in [5, 5.41) is 4.87. The summed E-state index contributed by atoms with van der Waals surface area (Å²) in [6.07, 6.45) is 6.77. The summed E-state index contributed by atoms with van der Waals surface area (Å²) in [5.74, 6) is 2.89. The van der Waals surface area contributed by atoms with Crippen LogP contribution in [0.1, 0.15) is 48.9 Å². The topological polar surface area (TPSA) is 52.4 Å². The van der Waals surface area contributed by atoms with Crippen molar-refractivity contribution in [2.45, 2.75) is 44.6 Å². The third kappa shape index (κ3) is 4.68. The van der Waals surface area contributed by atoms with Crippen LogP contribution in [-0.4, -0.2) is 59.6 Å². The molecule has 4 rings (SSSR count). The van der Waals surface area contributed by atoms with Crippen molar-refractivity contribution in [3.63, 3.8) is 0 Å². The number of nitrogens with zero attached hydrogens (tertiary/aromatic N) is 4. The van der Waals surface area contributed by atoms with Crippen molar-refractivity contribution in [1.82, 2.24) is 19.7 Å². The molecule has 0 amide bonds. The van der Waals surface area contributed by atoms with E-state index in [1.807, 2.05) is 12.1 Å². The zero-order valence-electron chi connectivity index (χ0n) is 16.3. The van der Waals surface area contributed by atoms with Crippen molar-refractivity contribution < 1.29 is 9.47 Å². The summed E-state index contributed by atoms with van der Waals surface area (Å²) in [6, 6.07) is 8.50. The van der Waals surface area contributed by atoms with E-state index >= 15 is 0 Å². The molecule has 1 atom stereocenters. The third-order valence-electron chi connectivity index (χ3n) is 5.62. The van der Waals surface area contributed by atoms with Crippen LogP contribution in [0.4, 0.5) is 0 Å². The molecule has 0 aliphatic carbocycles. The first kappa shape index (κ1) is 18.4. The number of ether oxygens (including phenoxy) is 2. The Kier molecular flexibility index (Phi) is 6.04. The van der Waals surface area contributed by atoms with Gasteiger partial charge in [-0.15, -0.1) is 0 Å². The molecule has 2 aliphatic heterocycles. The Labute approximate surface area is 161 Å². The number of hydrogen-bond donors (Lipinski definition) is 0. The summed E-state index contributed by atoms with van der Waals surface area (Å²) in [6.45, 7) is 5.10. The minimum atomic E-state index is 0.332. The molecular formula is C21H30N4O2. The Balaban J connectivity index is 1.47. The molecular weight excluding hydrogens is 340 g/mol. The van der Waals surface area contributed by atoms with Gasteiger partial charge in [-0.2, -0.15) is 5.10 Å². The lowest BCUT2D eigenvalue weighted by molar-refractivity contribution is 0.183. The van der Waals surface area contributed by atoms with Crippen LogP contribution in [0, 0.1) is 0 Å². The smallest absolute Gasteiger partial charge is 0.155 e. The molecule has 6 nitrogen and oxygen atoms in total. The van der Waals surface area contributed by atoms with Crippen molar-refractivity contribution in [3.8, 4) is 5.75 Å². The molecule has 0 spiro atoms. The maximum absolute atomic E-state index is 5.60. The Morgan fingerprint density at radius 1 is 1.15 bits per heavy atom. The largest absolute Gasteiger partial charge is 0.497 e. The lowest BCUT2D eigenvalue weighted by atomic mass is 10.1. The quantitative estimate of drug-likeness (QED) is 0.750. The summed E-state index contributed by atoms with van der Waals surface area (Å²) in [5.41, 5.74) is 1.21. The van der Waals surface area contributed by atoms with Gasteiger partial charge in [-0.05, 0) is 50.0 Å². The van der Waals surface area contributed by atoms with Gasteiger partial charge in [-0.25, -0.2) is 9.67 Å². The van der Waals surface area contributed by atoms with Gasteiger partial charge in [0.1, 0.15) is 11.6 Å². The molecule has 1 aromatic carbocycles. The molecule has 3 heterocycles. The van der Waals surface area contributed by atoms with Crippen LogP contribution < -0.4 is 4.74 Å². The second-order valence-corrected chi connectivity index (χ2v) is 7.58. The second kappa shape index (κ2) is 8.85. The molecule has 1 aromatic heterocycles. The van der Waals surface area contributed by atoms with Crippen LogP contribution in [0.3, 0.4) is 0 Å². The molecule has 0 radical (unpaired) electrons. The van der Waals surface area contributed by atoms with E-state index in [0.717, 1.165) is 56.4 Å². The van der Waals surface area contributed by atoms with Crippen molar-refractivity contribution in [2.24, 2.45) is 0 Å². The summed E-state index contributed by atoms with van der Waals surface area (Å²) in [4.78, 5) is 7.48. The van der Waals surface area contributed by atoms with Gasteiger partial charge in [-0.1, -0.05) is 18.6 Å². The number of benzene rings is 1. The van der Waals surface area contributed by atoms with Crippen molar-refractivity contribution in [2.75, 3.05) is 40.0 Å². The molecule has 146 valence electrons. The highest BCUT2D eigenvalue weighted by atomic mass is 16.5. The number of hydrogen-bond acceptors (Lipinski definition) is 5. The fraction of sp³-hybridized carbons (Fsp3) is 0.619. The predicted octanol–water partition coefficient (Wildman–Crippen LogP) is 2.87. The number of aromatic nitrogens is 3. The van der Waals surface area contributed by atoms with Gasteiger partial charge < -0.3 is 14.4 Å². The van der Waals surface area contributed by atoms with E-state index in [9.17, 15) is 0 Å². The van der Waals surface area contributed by atoms with Crippen molar-refractivity contribution in [1.29, 1.82) is 0 Å². The SMILES string of the molecule is COc1ccc(Cc2nc(CCN3CCCCC3)n(C3CCOC3)n2)cc1. The molecule has 6 heteroatoms. The summed E-state index contributed by atoms with van der Waals surface area (Å²) < 4.78 is 13.0. The first-order valence-corrected chi connectivity index (χ1v) is 10.2. The lowest BCUT2D eigenvalue weighted by Crippen LogP contribution is -2.32. The Hall–Kier alpha value is -1.92. The zero-order chi connectivity index (χ0) is 18.5. The van der Waals surface area contributed by atoms with E-state index in [-0.39, 0.29) is 0 Å². The standard InChI is InChI=1S/C21H30N4O2/c1-26-19-7-5-17(6-8-19)15-20-22-21(9-13-24-11-3-2-4-12-24)25(23-20)18-10-14-27-16-18/h5-8,18H,2-4,9-16H2,1H3. The number of methoxy groups -OCH3 is 1. The van der Waals surface area contributed by atoms with Crippen LogP contribution in [-0.2, 0) is 17.6 Å². The van der Waals surface area contributed by atoms with Crippen LogP contribution in [0.25, 0.3) is 0 Å². The maximum atomic E-state index is 5.60. The lowest BCUT2D eigenvalue weighted by Gasteiger charge is -2.26. The molecule has 2 aromatic rings. The molecule has 0 N–H and O–H groups in total. The maximum Gasteiger partial charge on any atom is 0.155 e. The monoisotopic (exact) mass is 370 g/mol. The van der Waals surface area contributed by atoms with Gasteiger partial charge in [0.25, 0.3) is 0 Å². The predicted molar refractivity (Wildman–Crippen MR) is 104 cm³/mol. The fourth-order valence-corrected chi connectivity index (χ4v) is 4.02. The Morgan fingerprint density at radius 3 is 2.67 bits per heavy atom. The molecule has 2 aliphatic rings. The number of rotatable bonds is 7. The van der Waals surface area contributed by atoms with E-state index in [4.69, 9.17) is 19.6 Å². The minimum absolute atomic E-state index is 0.332. The molecule has 0 saturated carbocycles. The highest BCUT2D eigenvalue weighted by molar-refractivity contribution is 5.28. The van der Waals surface area contributed by atoms with E-state index in [0.29, 0.717) is 6.04 Å². The van der Waals surface area contributed by atoms with E-state index in [1.54, 1.807) is 7.11 Å². The van der Waals surface area contributed by atoms with Gasteiger partial charge in [0.15, 0.2) is 5.82 Å². The molecule has 0 bridgehead atoms. The summed E-state index contributed by atoms with van der Waals surface area (Å²) >= 11 is 0. The highest BCUT2D eigenvalue weighted by Gasteiger charge is 2.23. The third-order valence-corrected chi connectivity index (χ3v) is 5.62. The second-order valence-electron chi connectivity index (χ2n) is 7.58. The van der Waals surface area contributed by atoms with Gasteiger partial charge in [-0.3, -0.25) is 0 Å². The first-order chi connectivity index (χ1) is 13.3. The van der Waals surface area contributed by atoms with Gasteiger partial charge in [0.05, 0.1) is 19.8 Å². The summed E-state index contributed by atoms with van der Waals surface area (Å²) in [7, 11) is 1.69. The van der Waals surface area contributed by atoms with Crippen LogP contribution >= 0.6 is 0 Å². The average molecular weight is 370 g/mol. The van der Waals surface area contributed by atoms with E-state index in [1.165, 1.54) is 37.9 Å². The molecule has 1 unspecified atom stereocenters. The van der Waals surface area contributed by atoms with Crippen LogP contribution in [0.5, 0.6) is 5.75 Å². The molecule has 2 saturated heterocycles. The average Bonchev–Trinajstić information content (AvgIpc) is 3.37. The van der Waals surface area contributed by atoms with Crippen molar-refractivity contribution in [3.05, 3.63) is 41.5 Å². The Morgan fingerprint density at radius 2 is 1.96 bits per heavy atom. The Bertz CT molecular complexity index is 716. The number of piperidine rings is 1. The highest BCUT2D eigenvalue weighted by Crippen LogP contribution is 2.21. The minimum Gasteiger partial charge on any atom is -0.497 e. The van der Waals surface area contributed by atoms with Gasteiger partial charge >= 0.3 is 0 Å². The van der Waals surface area contributed by atoms with Gasteiger partial charge in [0, 0.05) is 26.0 Å². The van der Waals surface area contributed by atoms with E-state index < -0.39 is 0 Å². The zero-order valence-corrected chi connectivity index (χ0v) is 16.3. The van der Waals surface area contributed by atoms with Gasteiger partial charge in [0.2, 0.25) is 0 Å². The van der Waals surface area contributed by atoms with Crippen LogP contribution in [0.2, 0.25) is 0 Å². The molecule has 2 fully saturated rings. The van der Waals surface area contributed by atoms with Crippen LogP contribution in [0.15, 0.2) is 24.3 Å². The number of likely N-dealkylation sites (tertiary alicyclic amines) is 1. The normalized spacial score (nSPS) is 20.9. The first-order valence-electron chi connectivity index (χ1n) is 10.2. The van der Waals surface area contributed by atoms with Crippen molar-refractivity contribution >= 4 is 0 Å². The fourth-order valence-electron chi connectivity index (χ4n) is 4.02.